The molecule has 7 heteroatoms. The molecule has 0 aliphatic heterocycles. The van der Waals surface area contributed by atoms with Gasteiger partial charge in [0.1, 0.15) is 4.90 Å². The number of hydrogen-bond acceptors (Lipinski definition) is 6. The lowest BCUT2D eigenvalue weighted by Crippen LogP contribution is -2.12. The lowest BCUT2D eigenvalue weighted by molar-refractivity contribution is 0.322. The lowest BCUT2D eigenvalue weighted by Gasteiger charge is -2.15. The summed E-state index contributed by atoms with van der Waals surface area (Å²) < 4.78 is 35.8. The second kappa shape index (κ2) is 7.85. The summed E-state index contributed by atoms with van der Waals surface area (Å²) in [5.41, 5.74) is 2.02. The average molecular weight is 361 g/mol. The van der Waals surface area contributed by atoms with Gasteiger partial charge in [-0.05, 0) is 37.6 Å². The van der Waals surface area contributed by atoms with Crippen molar-refractivity contribution in [2.24, 2.45) is 5.16 Å². The maximum atomic E-state index is 12.6. The van der Waals surface area contributed by atoms with Gasteiger partial charge in [-0.25, -0.2) is 0 Å². The zero-order valence-corrected chi connectivity index (χ0v) is 14.8. The molecule has 0 spiro atoms. The molecule has 25 heavy (non-hydrogen) atoms. The molecule has 0 fully saturated rings. The van der Waals surface area contributed by atoms with Crippen molar-refractivity contribution in [1.29, 1.82) is 0 Å². The highest BCUT2D eigenvalue weighted by Gasteiger charge is 2.22. The van der Waals surface area contributed by atoms with E-state index in [0.717, 1.165) is 5.56 Å². The molecular formula is C18H19NO5S. The van der Waals surface area contributed by atoms with Crippen LogP contribution in [-0.2, 0) is 16.5 Å². The van der Waals surface area contributed by atoms with Crippen LogP contribution >= 0.6 is 0 Å². The number of oxime groups is 1. The molecule has 0 aliphatic rings. The largest absolute Gasteiger partial charge is 0.493 e. The molecule has 0 saturated carbocycles. The highest BCUT2D eigenvalue weighted by atomic mass is 32.2. The molecule has 0 bridgehead atoms. The van der Waals surface area contributed by atoms with Gasteiger partial charge >= 0.3 is 10.1 Å². The molecule has 132 valence electrons. The van der Waals surface area contributed by atoms with Gasteiger partial charge in [-0.3, -0.25) is 0 Å². The maximum absolute atomic E-state index is 12.6. The van der Waals surface area contributed by atoms with Gasteiger partial charge in [0, 0.05) is 11.1 Å². The second-order valence-electron chi connectivity index (χ2n) is 5.30. The first kappa shape index (κ1) is 18.5. The third-order valence-corrected chi connectivity index (χ3v) is 4.68. The Morgan fingerprint density at radius 2 is 1.92 bits per heavy atom. The molecule has 1 N–H and O–H groups in total. The Kier molecular flexibility index (Phi) is 5.82. The minimum Gasteiger partial charge on any atom is -0.493 e. The van der Waals surface area contributed by atoms with Gasteiger partial charge in [-0.15, -0.1) is 6.58 Å². The summed E-state index contributed by atoms with van der Waals surface area (Å²) in [5, 5.41) is 11.7. The normalized spacial score (nSPS) is 11.4. The first-order valence-corrected chi connectivity index (χ1v) is 8.82. The van der Waals surface area contributed by atoms with E-state index in [1.54, 1.807) is 24.3 Å². The van der Waals surface area contributed by atoms with Crippen LogP contribution in [0.1, 0.15) is 16.7 Å². The standard InChI is InChI=1S/C18H19NO5S/c1-4-5-15-10-14(12-19-20)11-17(23-3)18(15)24-25(21,22)16-8-6-13(2)7-9-16/h4,6-12,20H,1,5H2,2-3H3/b19-12-. The minimum absolute atomic E-state index is 0.0469. The van der Waals surface area contributed by atoms with Gasteiger partial charge in [0.05, 0.1) is 13.3 Å². The fourth-order valence-corrected chi connectivity index (χ4v) is 3.22. The van der Waals surface area contributed by atoms with Crippen molar-refractivity contribution in [1.82, 2.24) is 0 Å². The van der Waals surface area contributed by atoms with Crippen LogP contribution in [0.15, 0.2) is 59.1 Å². The van der Waals surface area contributed by atoms with Crippen molar-refractivity contribution in [3.05, 3.63) is 65.7 Å². The fourth-order valence-electron chi connectivity index (χ4n) is 2.24. The monoisotopic (exact) mass is 361 g/mol. The minimum atomic E-state index is -4.03. The van der Waals surface area contributed by atoms with Crippen LogP contribution in [-0.4, -0.2) is 26.9 Å². The summed E-state index contributed by atoms with van der Waals surface area (Å²) in [4.78, 5) is 0.0469. The molecule has 2 aromatic carbocycles. The molecule has 0 saturated heterocycles. The van der Waals surface area contributed by atoms with Gasteiger partial charge in [0.2, 0.25) is 0 Å². The first-order chi connectivity index (χ1) is 11.9. The molecule has 0 radical (unpaired) electrons. The van der Waals surface area contributed by atoms with Crippen molar-refractivity contribution in [3.63, 3.8) is 0 Å². The van der Waals surface area contributed by atoms with Crippen molar-refractivity contribution in [2.45, 2.75) is 18.2 Å². The summed E-state index contributed by atoms with van der Waals surface area (Å²) in [6.45, 7) is 5.53. The Bertz CT molecular complexity index is 886. The van der Waals surface area contributed by atoms with Crippen molar-refractivity contribution in [2.75, 3.05) is 7.11 Å². The summed E-state index contributed by atoms with van der Waals surface area (Å²) in [7, 11) is -2.62. The van der Waals surface area contributed by atoms with E-state index in [9.17, 15) is 8.42 Å². The fraction of sp³-hybridized carbons (Fsp3) is 0.167. The summed E-state index contributed by atoms with van der Waals surface area (Å²) in [6, 6.07) is 9.52. The first-order valence-electron chi connectivity index (χ1n) is 7.41. The van der Waals surface area contributed by atoms with E-state index in [4.69, 9.17) is 14.1 Å². The molecule has 0 aromatic heterocycles. The quantitative estimate of drug-likeness (QED) is 0.269. The van der Waals surface area contributed by atoms with Crippen LogP contribution in [0.2, 0.25) is 0 Å². The predicted molar refractivity (Wildman–Crippen MR) is 95.3 cm³/mol. The zero-order valence-electron chi connectivity index (χ0n) is 14.0. The van der Waals surface area contributed by atoms with Gasteiger partial charge in [-0.2, -0.15) is 8.42 Å². The van der Waals surface area contributed by atoms with E-state index in [0.29, 0.717) is 17.5 Å². The van der Waals surface area contributed by atoms with Crippen LogP contribution in [0.4, 0.5) is 0 Å². The van der Waals surface area contributed by atoms with E-state index < -0.39 is 10.1 Å². The Morgan fingerprint density at radius 3 is 2.48 bits per heavy atom. The number of methoxy groups -OCH3 is 1. The third-order valence-electron chi connectivity index (χ3n) is 3.45. The predicted octanol–water partition coefficient (Wildman–Crippen LogP) is 3.31. The number of nitrogens with zero attached hydrogens (tertiary/aromatic N) is 1. The van der Waals surface area contributed by atoms with Crippen molar-refractivity contribution >= 4 is 16.3 Å². The van der Waals surface area contributed by atoms with Gasteiger partial charge in [0.15, 0.2) is 11.5 Å². The summed E-state index contributed by atoms with van der Waals surface area (Å²) in [6.07, 6.45) is 3.18. The Balaban J connectivity index is 2.53. The smallest absolute Gasteiger partial charge is 0.339 e. The maximum Gasteiger partial charge on any atom is 0.339 e. The zero-order chi connectivity index (χ0) is 18.4. The average Bonchev–Trinajstić information content (AvgIpc) is 2.57. The third kappa shape index (κ3) is 4.39. The molecule has 2 aromatic rings. The Hall–Kier alpha value is -2.80. The highest BCUT2D eigenvalue weighted by molar-refractivity contribution is 7.87. The SMILES string of the molecule is C=CCc1cc(/C=N\O)cc(OC)c1OS(=O)(=O)c1ccc(C)cc1. The lowest BCUT2D eigenvalue weighted by atomic mass is 10.1. The van der Waals surface area contributed by atoms with E-state index in [1.807, 2.05) is 6.92 Å². The van der Waals surface area contributed by atoms with Crippen LogP contribution in [0.3, 0.4) is 0 Å². The summed E-state index contributed by atoms with van der Waals surface area (Å²) >= 11 is 0. The molecule has 0 aliphatic carbocycles. The van der Waals surface area contributed by atoms with E-state index in [1.165, 1.54) is 31.5 Å². The number of rotatable bonds is 7. The number of benzene rings is 2. The number of ether oxygens (including phenoxy) is 1. The van der Waals surface area contributed by atoms with Crippen molar-refractivity contribution in [3.8, 4) is 11.5 Å². The molecule has 0 heterocycles. The van der Waals surface area contributed by atoms with Gasteiger partial charge in [-0.1, -0.05) is 28.9 Å². The highest BCUT2D eigenvalue weighted by Crippen LogP contribution is 2.35. The second-order valence-corrected chi connectivity index (χ2v) is 6.85. The molecule has 0 amide bonds. The van der Waals surface area contributed by atoms with Crippen LogP contribution < -0.4 is 8.92 Å². The topological polar surface area (TPSA) is 85.2 Å². The van der Waals surface area contributed by atoms with Crippen molar-refractivity contribution < 1.29 is 22.5 Å². The number of hydrogen-bond donors (Lipinski definition) is 1. The molecule has 6 nitrogen and oxygen atoms in total. The van der Waals surface area contributed by atoms with Crippen LogP contribution in [0.5, 0.6) is 11.5 Å². The Labute approximate surface area is 147 Å². The number of aryl methyl sites for hydroxylation is 1. The van der Waals surface area contributed by atoms with Crippen LogP contribution in [0, 0.1) is 6.92 Å². The molecule has 0 unspecified atom stereocenters. The Morgan fingerprint density at radius 1 is 1.24 bits per heavy atom. The van der Waals surface area contributed by atoms with E-state index >= 15 is 0 Å². The van der Waals surface area contributed by atoms with E-state index in [2.05, 4.69) is 11.7 Å². The summed E-state index contributed by atoms with van der Waals surface area (Å²) in [5.74, 6) is 0.294. The van der Waals surface area contributed by atoms with Gasteiger partial charge in [0.25, 0.3) is 0 Å². The van der Waals surface area contributed by atoms with E-state index in [-0.39, 0.29) is 16.4 Å². The molecular weight excluding hydrogens is 342 g/mol. The van der Waals surface area contributed by atoms with Gasteiger partial charge < -0.3 is 14.1 Å². The number of allylic oxidation sites excluding steroid dienone is 1. The molecule has 0 atom stereocenters. The molecule has 2 rings (SSSR count). The van der Waals surface area contributed by atoms with Crippen LogP contribution in [0.25, 0.3) is 0 Å².